The van der Waals surface area contributed by atoms with Gasteiger partial charge in [-0.15, -0.1) is 0 Å². The van der Waals surface area contributed by atoms with E-state index < -0.39 is 0 Å². The highest BCUT2D eigenvalue weighted by Gasteiger charge is 2.26. The molecule has 7 nitrogen and oxygen atoms in total. The van der Waals surface area contributed by atoms with Crippen molar-refractivity contribution in [3.05, 3.63) is 42.5 Å². The zero-order valence-corrected chi connectivity index (χ0v) is 12.1. The van der Waals surface area contributed by atoms with Crippen LogP contribution in [0.1, 0.15) is 23.9 Å². The number of nitrogens with zero attached hydrogens (tertiary/aromatic N) is 5. The Morgan fingerprint density at radius 2 is 2.32 bits per heavy atom. The van der Waals surface area contributed by atoms with Crippen LogP contribution >= 0.6 is 0 Å². The predicted octanol–water partition coefficient (Wildman–Crippen LogP) is 2.13. The Morgan fingerprint density at radius 1 is 1.36 bits per heavy atom. The van der Waals surface area contributed by atoms with Crippen LogP contribution in [0.15, 0.2) is 35.3 Å². The number of oxazole rings is 1. The fraction of sp³-hybridized carbons (Fsp3) is 0.333. The fourth-order valence-electron chi connectivity index (χ4n) is 2.57. The lowest BCUT2D eigenvalue weighted by Crippen LogP contribution is -2.03. The van der Waals surface area contributed by atoms with Gasteiger partial charge in [-0.2, -0.15) is 5.10 Å². The summed E-state index contributed by atoms with van der Waals surface area (Å²) in [5.41, 5.74) is 1.54. The van der Waals surface area contributed by atoms with E-state index in [9.17, 15) is 0 Å². The number of aromatic nitrogens is 5. The van der Waals surface area contributed by atoms with Crippen molar-refractivity contribution >= 4 is 0 Å². The Labute approximate surface area is 127 Å². The van der Waals surface area contributed by atoms with Gasteiger partial charge in [0.05, 0.1) is 18.5 Å². The van der Waals surface area contributed by atoms with Crippen LogP contribution in [0.2, 0.25) is 0 Å². The molecule has 0 radical (unpaired) electrons. The van der Waals surface area contributed by atoms with E-state index in [0.717, 1.165) is 24.5 Å². The van der Waals surface area contributed by atoms with Crippen molar-refractivity contribution in [1.29, 1.82) is 0 Å². The second kappa shape index (κ2) is 5.34. The van der Waals surface area contributed by atoms with Gasteiger partial charge in [0, 0.05) is 18.7 Å². The molecule has 0 bridgehead atoms. The van der Waals surface area contributed by atoms with Gasteiger partial charge in [-0.1, -0.05) is 0 Å². The van der Waals surface area contributed by atoms with Crippen molar-refractivity contribution in [2.24, 2.45) is 0 Å². The molecule has 0 N–H and O–H groups in total. The number of hydrogen-bond donors (Lipinski definition) is 0. The number of pyridine rings is 1. The van der Waals surface area contributed by atoms with Gasteiger partial charge in [0.1, 0.15) is 11.5 Å². The molecule has 0 amide bonds. The van der Waals surface area contributed by atoms with Gasteiger partial charge >= 0.3 is 0 Å². The SMILES string of the molecule is Cc1ocnc1-c1nc([C@H]2CCOC2)nn1-c1cccnc1. The van der Waals surface area contributed by atoms with Gasteiger partial charge < -0.3 is 9.15 Å². The summed E-state index contributed by atoms with van der Waals surface area (Å²) in [6.07, 6.45) is 5.84. The standard InChI is InChI=1S/C15H15N5O2/c1-10-13(17-9-22-10)15-18-14(11-4-6-21-8-11)19-20(15)12-3-2-5-16-7-12/h2-3,5,7,9,11H,4,6,8H2,1H3/t11-/m0/s1. The summed E-state index contributed by atoms with van der Waals surface area (Å²) in [5, 5.41) is 4.66. The van der Waals surface area contributed by atoms with Gasteiger partial charge in [-0.25, -0.2) is 14.6 Å². The minimum atomic E-state index is 0.226. The van der Waals surface area contributed by atoms with Crippen LogP contribution in [0.25, 0.3) is 17.2 Å². The molecule has 0 aromatic carbocycles. The first-order valence-electron chi connectivity index (χ1n) is 7.18. The van der Waals surface area contributed by atoms with E-state index in [4.69, 9.17) is 14.1 Å². The molecule has 0 saturated carbocycles. The van der Waals surface area contributed by atoms with Crippen molar-refractivity contribution in [2.75, 3.05) is 13.2 Å². The lowest BCUT2D eigenvalue weighted by molar-refractivity contribution is 0.193. The van der Waals surface area contributed by atoms with E-state index in [1.807, 2.05) is 19.1 Å². The summed E-state index contributed by atoms with van der Waals surface area (Å²) in [5.74, 6) is 2.38. The van der Waals surface area contributed by atoms with Crippen molar-refractivity contribution < 1.29 is 9.15 Å². The average Bonchev–Trinajstić information content (AvgIpc) is 3.27. The maximum absolute atomic E-state index is 5.45. The van der Waals surface area contributed by atoms with Crippen molar-refractivity contribution in [1.82, 2.24) is 24.7 Å². The van der Waals surface area contributed by atoms with Crippen LogP contribution in [0.3, 0.4) is 0 Å². The molecule has 0 aliphatic carbocycles. The van der Waals surface area contributed by atoms with Crippen molar-refractivity contribution in [2.45, 2.75) is 19.3 Å². The molecule has 1 atom stereocenters. The number of aryl methyl sites for hydroxylation is 1. The molecule has 4 rings (SSSR count). The highest BCUT2D eigenvalue weighted by atomic mass is 16.5. The molecule has 7 heteroatoms. The van der Waals surface area contributed by atoms with Crippen LogP contribution in [-0.4, -0.2) is 37.9 Å². The monoisotopic (exact) mass is 297 g/mol. The Balaban J connectivity index is 1.86. The lowest BCUT2D eigenvalue weighted by Gasteiger charge is -2.03. The Bertz CT molecular complexity index is 774. The molecule has 0 unspecified atom stereocenters. The maximum Gasteiger partial charge on any atom is 0.185 e. The number of ether oxygens (including phenoxy) is 1. The van der Waals surface area contributed by atoms with Crippen LogP contribution in [0.4, 0.5) is 0 Å². The summed E-state index contributed by atoms with van der Waals surface area (Å²) in [7, 11) is 0. The van der Waals surface area contributed by atoms with Crippen LogP contribution in [0, 0.1) is 6.92 Å². The molecule has 22 heavy (non-hydrogen) atoms. The number of rotatable bonds is 3. The summed E-state index contributed by atoms with van der Waals surface area (Å²) in [4.78, 5) is 13.1. The average molecular weight is 297 g/mol. The first-order chi connectivity index (χ1) is 10.8. The highest BCUT2D eigenvalue weighted by Crippen LogP contribution is 2.28. The Kier molecular flexibility index (Phi) is 3.19. The van der Waals surface area contributed by atoms with Gasteiger partial charge in [0.2, 0.25) is 0 Å². The third-order valence-corrected chi connectivity index (χ3v) is 3.77. The third-order valence-electron chi connectivity index (χ3n) is 3.77. The molecule has 3 aromatic heterocycles. The van der Waals surface area contributed by atoms with E-state index >= 15 is 0 Å². The molecule has 3 aromatic rings. The molecule has 1 aliphatic rings. The predicted molar refractivity (Wildman–Crippen MR) is 77.6 cm³/mol. The molecular weight excluding hydrogens is 282 g/mol. The molecular formula is C15H15N5O2. The summed E-state index contributed by atoms with van der Waals surface area (Å²) in [6, 6.07) is 3.81. The molecule has 1 aliphatic heterocycles. The van der Waals surface area contributed by atoms with Gasteiger partial charge in [0.25, 0.3) is 0 Å². The lowest BCUT2D eigenvalue weighted by atomic mass is 10.1. The van der Waals surface area contributed by atoms with Crippen LogP contribution < -0.4 is 0 Å². The topological polar surface area (TPSA) is 78.9 Å². The fourth-order valence-corrected chi connectivity index (χ4v) is 2.57. The highest BCUT2D eigenvalue weighted by molar-refractivity contribution is 5.55. The van der Waals surface area contributed by atoms with E-state index in [-0.39, 0.29) is 5.92 Å². The van der Waals surface area contributed by atoms with E-state index in [0.29, 0.717) is 23.9 Å². The first-order valence-corrected chi connectivity index (χ1v) is 7.18. The minimum absolute atomic E-state index is 0.226. The summed E-state index contributed by atoms with van der Waals surface area (Å²) >= 11 is 0. The van der Waals surface area contributed by atoms with Crippen LogP contribution in [0.5, 0.6) is 0 Å². The maximum atomic E-state index is 5.45. The summed E-state index contributed by atoms with van der Waals surface area (Å²) < 4.78 is 12.5. The second-order valence-corrected chi connectivity index (χ2v) is 5.23. The first kappa shape index (κ1) is 13.1. The van der Waals surface area contributed by atoms with Crippen molar-refractivity contribution in [3.8, 4) is 17.2 Å². The zero-order valence-electron chi connectivity index (χ0n) is 12.1. The molecule has 112 valence electrons. The van der Waals surface area contributed by atoms with Crippen molar-refractivity contribution in [3.63, 3.8) is 0 Å². The smallest absolute Gasteiger partial charge is 0.185 e. The zero-order chi connectivity index (χ0) is 14.9. The summed E-state index contributed by atoms with van der Waals surface area (Å²) in [6.45, 7) is 3.28. The van der Waals surface area contributed by atoms with Gasteiger partial charge in [-0.3, -0.25) is 4.98 Å². The van der Waals surface area contributed by atoms with E-state index in [2.05, 4.69) is 15.1 Å². The third kappa shape index (κ3) is 2.19. The molecule has 4 heterocycles. The van der Waals surface area contributed by atoms with Gasteiger partial charge in [-0.05, 0) is 25.5 Å². The van der Waals surface area contributed by atoms with E-state index in [1.54, 1.807) is 17.1 Å². The van der Waals surface area contributed by atoms with E-state index in [1.165, 1.54) is 6.39 Å². The quantitative estimate of drug-likeness (QED) is 0.737. The molecule has 0 spiro atoms. The normalized spacial score (nSPS) is 18.0. The minimum Gasteiger partial charge on any atom is -0.448 e. The molecule has 1 saturated heterocycles. The second-order valence-electron chi connectivity index (χ2n) is 5.23. The van der Waals surface area contributed by atoms with Crippen LogP contribution in [-0.2, 0) is 4.74 Å². The van der Waals surface area contributed by atoms with Gasteiger partial charge in [0.15, 0.2) is 18.0 Å². The molecule has 1 fully saturated rings. The Hall–Kier alpha value is -2.54. The number of hydrogen-bond acceptors (Lipinski definition) is 6. The Morgan fingerprint density at radius 3 is 3.00 bits per heavy atom. The largest absolute Gasteiger partial charge is 0.448 e.